The van der Waals surface area contributed by atoms with E-state index < -0.39 is 0 Å². The molecule has 1 atom stereocenters. The van der Waals surface area contributed by atoms with Gasteiger partial charge in [-0.15, -0.1) is 0 Å². The van der Waals surface area contributed by atoms with Crippen LogP contribution < -0.4 is 10.1 Å². The van der Waals surface area contributed by atoms with Gasteiger partial charge in [0.05, 0.1) is 12.7 Å². The molecule has 0 spiro atoms. The van der Waals surface area contributed by atoms with E-state index in [1.807, 2.05) is 42.5 Å². The van der Waals surface area contributed by atoms with Gasteiger partial charge in [0.25, 0.3) is 5.91 Å². The summed E-state index contributed by atoms with van der Waals surface area (Å²) in [6.07, 6.45) is 2.33. The van der Waals surface area contributed by atoms with Crippen LogP contribution in [0.1, 0.15) is 23.2 Å². The Morgan fingerprint density at radius 3 is 2.64 bits per heavy atom. The van der Waals surface area contributed by atoms with Gasteiger partial charge in [-0.1, -0.05) is 6.07 Å². The van der Waals surface area contributed by atoms with Gasteiger partial charge in [0.15, 0.2) is 5.58 Å². The number of oxazole rings is 1. The molecule has 3 fully saturated rings. The van der Waals surface area contributed by atoms with E-state index in [9.17, 15) is 4.79 Å². The standard InChI is InChI=1S/C22H23N3O3/c1-27-16-7-5-15(6-8-16)22-24-18-4-2-3-17(20(18)28-22)21(26)23-19-13-25-11-9-14(19)10-12-25/h2-8,14,19H,9-13H2,1H3,(H,23,26). The summed E-state index contributed by atoms with van der Waals surface area (Å²) in [5, 5.41) is 3.24. The summed E-state index contributed by atoms with van der Waals surface area (Å²) < 4.78 is 11.2. The number of carbonyl (C=O) groups excluding carboxylic acids is 1. The van der Waals surface area contributed by atoms with Gasteiger partial charge in [0.1, 0.15) is 11.3 Å². The smallest absolute Gasteiger partial charge is 0.255 e. The van der Waals surface area contributed by atoms with Gasteiger partial charge in [-0.05, 0) is 68.2 Å². The van der Waals surface area contributed by atoms with Crippen LogP contribution in [0.3, 0.4) is 0 Å². The van der Waals surface area contributed by atoms with Crippen molar-refractivity contribution in [3.8, 4) is 17.2 Å². The van der Waals surface area contributed by atoms with Gasteiger partial charge >= 0.3 is 0 Å². The predicted molar refractivity (Wildman–Crippen MR) is 106 cm³/mol. The van der Waals surface area contributed by atoms with E-state index in [0.717, 1.165) is 30.9 Å². The third-order valence-electron chi connectivity index (χ3n) is 5.97. The summed E-state index contributed by atoms with van der Waals surface area (Å²) in [5.41, 5.74) is 2.61. The van der Waals surface area contributed by atoms with Crippen molar-refractivity contribution in [3.05, 3.63) is 48.0 Å². The van der Waals surface area contributed by atoms with Crippen molar-refractivity contribution in [3.63, 3.8) is 0 Å². The van der Waals surface area contributed by atoms with Crippen molar-refractivity contribution < 1.29 is 13.9 Å². The lowest BCUT2D eigenvalue weighted by atomic mass is 9.84. The Morgan fingerprint density at radius 2 is 1.96 bits per heavy atom. The molecule has 3 aliphatic heterocycles. The lowest BCUT2D eigenvalue weighted by Gasteiger charge is -2.44. The Bertz CT molecular complexity index is 1000. The molecular formula is C22H23N3O3. The van der Waals surface area contributed by atoms with Crippen molar-refractivity contribution in [2.45, 2.75) is 18.9 Å². The first-order valence-corrected chi connectivity index (χ1v) is 9.78. The van der Waals surface area contributed by atoms with Crippen LogP contribution in [0.4, 0.5) is 0 Å². The average Bonchev–Trinajstić information content (AvgIpc) is 3.19. The predicted octanol–water partition coefficient (Wildman–Crippen LogP) is 3.33. The monoisotopic (exact) mass is 377 g/mol. The first-order valence-electron chi connectivity index (χ1n) is 9.78. The van der Waals surface area contributed by atoms with Crippen LogP contribution in [0.25, 0.3) is 22.6 Å². The number of hydrogen-bond donors (Lipinski definition) is 1. The summed E-state index contributed by atoms with van der Waals surface area (Å²) in [6.45, 7) is 3.25. The highest BCUT2D eigenvalue weighted by Crippen LogP contribution is 2.30. The van der Waals surface area contributed by atoms with Gasteiger partial charge in [-0.2, -0.15) is 0 Å². The zero-order valence-corrected chi connectivity index (χ0v) is 15.9. The number of hydrogen-bond acceptors (Lipinski definition) is 5. The Morgan fingerprint density at radius 1 is 1.18 bits per heavy atom. The Labute approximate surface area is 163 Å². The highest BCUT2D eigenvalue weighted by atomic mass is 16.5. The maximum Gasteiger partial charge on any atom is 0.255 e. The molecule has 3 saturated heterocycles. The van der Waals surface area contributed by atoms with Gasteiger partial charge in [-0.25, -0.2) is 4.98 Å². The second kappa shape index (κ2) is 6.95. The first-order chi connectivity index (χ1) is 13.7. The zero-order chi connectivity index (χ0) is 19.1. The molecule has 1 N–H and O–H groups in total. The van der Waals surface area contributed by atoms with E-state index in [4.69, 9.17) is 9.15 Å². The number of fused-ring (bicyclic) bond motifs is 4. The Balaban J connectivity index is 1.43. The van der Waals surface area contributed by atoms with Crippen molar-refractivity contribution in [1.29, 1.82) is 0 Å². The fourth-order valence-corrected chi connectivity index (χ4v) is 4.36. The molecule has 2 bridgehead atoms. The van der Waals surface area contributed by atoms with Gasteiger partial charge in [0, 0.05) is 18.2 Å². The zero-order valence-electron chi connectivity index (χ0n) is 15.9. The first kappa shape index (κ1) is 17.3. The van der Waals surface area contributed by atoms with E-state index in [0.29, 0.717) is 28.5 Å². The van der Waals surface area contributed by atoms with E-state index in [2.05, 4.69) is 15.2 Å². The minimum absolute atomic E-state index is 0.0817. The van der Waals surface area contributed by atoms with Crippen LogP contribution in [0.2, 0.25) is 0 Å². The number of carbonyl (C=O) groups is 1. The third-order valence-corrected chi connectivity index (χ3v) is 5.97. The molecule has 1 aromatic heterocycles. The van der Waals surface area contributed by atoms with Gasteiger partial charge < -0.3 is 19.4 Å². The Hall–Kier alpha value is -2.86. The van der Waals surface area contributed by atoms with Crippen molar-refractivity contribution in [2.24, 2.45) is 5.92 Å². The molecule has 3 aliphatic rings. The van der Waals surface area contributed by atoms with Crippen molar-refractivity contribution >= 4 is 17.0 Å². The SMILES string of the molecule is COc1ccc(-c2nc3cccc(C(=O)NC4CN5CCC4CC5)c3o2)cc1. The molecule has 6 rings (SSSR count). The fourth-order valence-electron chi connectivity index (χ4n) is 4.36. The molecule has 2 aromatic carbocycles. The summed E-state index contributed by atoms with van der Waals surface area (Å²) in [4.78, 5) is 20.0. The molecule has 0 saturated carbocycles. The largest absolute Gasteiger partial charge is 0.497 e. The number of amides is 1. The van der Waals surface area contributed by atoms with Crippen LogP contribution in [0.5, 0.6) is 5.75 Å². The number of nitrogens with zero attached hydrogens (tertiary/aromatic N) is 2. The summed E-state index contributed by atoms with van der Waals surface area (Å²) in [5.74, 6) is 1.78. The number of piperidine rings is 3. The molecule has 4 heterocycles. The highest BCUT2D eigenvalue weighted by Gasteiger charge is 2.35. The second-order valence-electron chi connectivity index (χ2n) is 7.62. The number of para-hydroxylation sites is 1. The second-order valence-corrected chi connectivity index (χ2v) is 7.62. The van der Waals surface area contributed by atoms with Gasteiger partial charge in [0.2, 0.25) is 5.89 Å². The third kappa shape index (κ3) is 3.03. The quantitative estimate of drug-likeness (QED) is 0.755. The summed E-state index contributed by atoms with van der Waals surface area (Å²) in [6, 6.07) is 13.3. The number of benzene rings is 2. The fraction of sp³-hybridized carbons (Fsp3) is 0.364. The molecule has 28 heavy (non-hydrogen) atoms. The van der Waals surface area contributed by atoms with Crippen LogP contribution in [0.15, 0.2) is 46.9 Å². The highest BCUT2D eigenvalue weighted by molar-refractivity contribution is 6.04. The minimum atomic E-state index is -0.0817. The molecule has 6 heteroatoms. The summed E-state index contributed by atoms with van der Waals surface area (Å²) >= 11 is 0. The number of nitrogens with one attached hydrogen (secondary N) is 1. The van der Waals surface area contributed by atoms with Crippen molar-refractivity contribution in [1.82, 2.24) is 15.2 Å². The van der Waals surface area contributed by atoms with E-state index in [1.54, 1.807) is 7.11 Å². The van der Waals surface area contributed by atoms with Crippen LogP contribution in [-0.2, 0) is 0 Å². The van der Waals surface area contributed by atoms with E-state index in [1.165, 1.54) is 12.8 Å². The number of methoxy groups -OCH3 is 1. The number of rotatable bonds is 4. The normalized spacial score (nSPS) is 23.7. The molecule has 0 aliphatic carbocycles. The number of ether oxygens (including phenoxy) is 1. The molecular weight excluding hydrogens is 354 g/mol. The van der Waals surface area contributed by atoms with Crippen LogP contribution in [0, 0.1) is 5.92 Å². The maximum absolute atomic E-state index is 13.0. The molecule has 144 valence electrons. The lowest BCUT2D eigenvalue weighted by molar-refractivity contribution is 0.0621. The van der Waals surface area contributed by atoms with Gasteiger partial charge in [-0.3, -0.25) is 4.79 Å². The van der Waals surface area contributed by atoms with Crippen LogP contribution >= 0.6 is 0 Å². The minimum Gasteiger partial charge on any atom is -0.497 e. The molecule has 1 unspecified atom stereocenters. The average molecular weight is 377 g/mol. The lowest BCUT2D eigenvalue weighted by Crippen LogP contribution is -2.57. The van der Waals surface area contributed by atoms with Crippen LogP contribution in [-0.4, -0.2) is 48.6 Å². The maximum atomic E-state index is 13.0. The summed E-state index contributed by atoms with van der Waals surface area (Å²) in [7, 11) is 1.63. The molecule has 0 radical (unpaired) electrons. The molecule has 6 nitrogen and oxygen atoms in total. The molecule has 1 amide bonds. The van der Waals surface area contributed by atoms with E-state index >= 15 is 0 Å². The Kier molecular flexibility index (Phi) is 4.28. The topological polar surface area (TPSA) is 67.6 Å². The number of aromatic nitrogens is 1. The van der Waals surface area contributed by atoms with Crippen molar-refractivity contribution in [2.75, 3.05) is 26.7 Å². The molecule has 3 aromatic rings. The van der Waals surface area contributed by atoms with E-state index in [-0.39, 0.29) is 11.9 Å².